The Balaban J connectivity index is 1.73. The number of aryl methyl sites for hydroxylation is 1. The number of methoxy groups -OCH3 is 1. The fourth-order valence-corrected chi connectivity index (χ4v) is 2.64. The molecule has 0 radical (unpaired) electrons. The predicted octanol–water partition coefficient (Wildman–Crippen LogP) is 0.484. The molecule has 1 aromatic heterocycles. The minimum absolute atomic E-state index is 0.0440. The van der Waals surface area contributed by atoms with E-state index >= 15 is 0 Å². The fourth-order valence-electron chi connectivity index (χ4n) is 2.64. The van der Waals surface area contributed by atoms with E-state index in [0.29, 0.717) is 36.3 Å². The summed E-state index contributed by atoms with van der Waals surface area (Å²) in [5.41, 5.74) is 0.623. The first kappa shape index (κ1) is 15.5. The van der Waals surface area contributed by atoms with Crippen LogP contribution >= 0.6 is 0 Å². The van der Waals surface area contributed by atoms with Crippen molar-refractivity contribution in [1.82, 2.24) is 14.9 Å². The Morgan fingerprint density at radius 3 is 3.13 bits per heavy atom. The van der Waals surface area contributed by atoms with Crippen LogP contribution in [0.1, 0.15) is 12.2 Å². The number of nitrogens with zero attached hydrogens (tertiary/aromatic N) is 2. The third-order valence-electron chi connectivity index (χ3n) is 3.79. The summed E-state index contributed by atoms with van der Waals surface area (Å²) in [4.78, 5) is 28.6. The zero-order chi connectivity index (χ0) is 16.2. The van der Waals surface area contributed by atoms with Gasteiger partial charge in [0.1, 0.15) is 11.6 Å². The molecule has 0 spiro atoms. The van der Waals surface area contributed by atoms with Gasteiger partial charge < -0.3 is 14.8 Å². The van der Waals surface area contributed by atoms with Crippen LogP contribution in [0.5, 0.6) is 5.75 Å². The molecular formula is C16H19N3O4. The van der Waals surface area contributed by atoms with Crippen molar-refractivity contribution >= 4 is 16.8 Å². The monoisotopic (exact) mass is 317 g/mol. The Bertz CT molecular complexity index is 785. The van der Waals surface area contributed by atoms with E-state index in [1.807, 2.05) is 0 Å². The highest BCUT2D eigenvalue weighted by Crippen LogP contribution is 2.19. The third kappa shape index (κ3) is 3.34. The highest BCUT2D eigenvalue weighted by atomic mass is 16.5. The van der Waals surface area contributed by atoms with Gasteiger partial charge in [0, 0.05) is 26.6 Å². The van der Waals surface area contributed by atoms with E-state index in [-0.39, 0.29) is 18.1 Å². The topological polar surface area (TPSA) is 82.4 Å². The van der Waals surface area contributed by atoms with Gasteiger partial charge >= 0.3 is 0 Å². The summed E-state index contributed by atoms with van der Waals surface area (Å²) >= 11 is 0. The molecular weight excluding hydrogens is 298 g/mol. The van der Waals surface area contributed by atoms with Gasteiger partial charge in [0.15, 0.2) is 6.61 Å². The number of nitrogens with one attached hydrogen (secondary N) is 1. The van der Waals surface area contributed by atoms with Crippen LogP contribution in [0, 0.1) is 0 Å². The van der Waals surface area contributed by atoms with E-state index in [9.17, 15) is 9.59 Å². The van der Waals surface area contributed by atoms with E-state index < -0.39 is 0 Å². The van der Waals surface area contributed by atoms with Gasteiger partial charge in [-0.3, -0.25) is 14.2 Å². The summed E-state index contributed by atoms with van der Waals surface area (Å²) in [5.74, 6) is 1.09. The fraction of sp³-hybridized carbons (Fsp3) is 0.438. The van der Waals surface area contributed by atoms with Gasteiger partial charge in [-0.15, -0.1) is 0 Å². The molecule has 1 aliphatic heterocycles. The quantitative estimate of drug-likeness (QED) is 0.784. The minimum Gasteiger partial charge on any atom is -0.484 e. The second-order valence-electron chi connectivity index (χ2n) is 5.40. The smallest absolute Gasteiger partial charge is 0.261 e. The van der Waals surface area contributed by atoms with Crippen molar-refractivity contribution in [2.24, 2.45) is 0 Å². The normalized spacial score (nSPS) is 13.1. The zero-order valence-corrected chi connectivity index (χ0v) is 13.0. The first-order valence-corrected chi connectivity index (χ1v) is 7.61. The molecule has 23 heavy (non-hydrogen) atoms. The first-order valence-electron chi connectivity index (χ1n) is 7.61. The Labute approximate surface area is 133 Å². The summed E-state index contributed by atoms with van der Waals surface area (Å²) in [6, 6.07) is 5.13. The summed E-state index contributed by atoms with van der Waals surface area (Å²) in [6.45, 7) is 1.50. The largest absolute Gasteiger partial charge is 0.484 e. The van der Waals surface area contributed by atoms with E-state index in [0.717, 1.165) is 18.7 Å². The number of carbonyl (C=O) groups is 1. The number of fused-ring (bicyclic) bond motifs is 2. The molecule has 7 heteroatoms. The number of rotatable bonds is 6. The number of carbonyl (C=O) groups excluding carboxylic acids is 1. The van der Waals surface area contributed by atoms with E-state index in [2.05, 4.69) is 10.3 Å². The number of amides is 1. The average Bonchev–Trinajstić information content (AvgIpc) is 3.02. The van der Waals surface area contributed by atoms with Gasteiger partial charge in [-0.2, -0.15) is 0 Å². The molecule has 3 rings (SSSR count). The van der Waals surface area contributed by atoms with Crippen molar-refractivity contribution in [2.45, 2.75) is 19.4 Å². The molecule has 0 unspecified atom stereocenters. The Hall–Kier alpha value is -2.41. The highest BCUT2D eigenvalue weighted by Gasteiger charge is 2.16. The predicted molar refractivity (Wildman–Crippen MR) is 84.7 cm³/mol. The Morgan fingerprint density at radius 1 is 1.43 bits per heavy atom. The second-order valence-corrected chi connectivity index (χ2v) is 5.40. The van der Waals surface area contributed by atoms with Crippen LogP contribution in [0.3, 0.4) is 0 Å². The molecule has 0 fully saturated rings. The van der Waals surface area contributed by atoms with Crippen LogP contribution in [0.4, 0.5) is 0 Å². The molecule has 2 heterocycles. The van der Waals surface area contributed by atoms with Crippen molar-refractivity contribution in [3.8, 4) is 5.75 Å². The maximum absolute atomic E-state index is 12.5. The van der Waals surface area contributed by atoms with Crippen LogP contribution in [-0.2, 0) is 22.5 Å². The Kier molecular flexibility index (Phi) is 4.57. The molecule has 0 bridgehead atoms. The van der Waals surface area contributed by atoms with E-state index in [4.69, 9.17) is 9.47 Å². The summed E-state index contributed by atoms with van der Waals surface area (Å²) in [7, 11) is 1.57. The molecule has 0 saturated carbocycles. The number of aromatic nitrogens is 2. The van der Waals surface area contributed by atoms with Crippen molar-refractivity contribution in [3.63, 3.8) is 0 Å². The van der Waals surface area contributed by atoms with Gasteiger partial charge in [-0.05, 0) is 24.6 Å². The van der Waals surface area contributed by atoms with Gasteiger partial charge in [0.05, 0.1) is 17.5 Å². The molecule has 1 amide bonds. The van der Waals surface area contributed by atoms with Gasteiger partial charge in [-0.1, -0.05) is 0 Å². The summed E-state index contributed by atoms with van der Waals surface area (Å²) in [5, 5.41) is 3.19. The first-order chi connectivity index (χ1) is 11.2. The van der Waals surface area contributed by atoms with Crippen LogP contribution in [0.2, 0.25) is 0 Å². The molecule has 0 aliphatic carbocycles. The van der Waals surface area contributed by atoms with Gasteiger partial charge in [-0.25, -0.2) is 4.98 Å². The van der Waals surface area contributed by atoms with Crippen LogP contribution < -0.4 is 15.6 Å². The average molecular weight is 317 g/mol. The third-order valence-corrected chi connectivity index (χ3v) is 3.79. The lowest BCUT2D eigenvalue weighted by Gasteiger charge is -2.09. The summed E-state index contributed by atoms with van der Waals surface area (Å²) < 4.78 is 12.0. The van der Waals surface area contributed by atoms with E-state index in [1.54, 1.807) is 29.9 Å². The molecule has 122 valence electrons. The maximum Gasteiger partial charge on any atom is 0.261 e. The lowest BCUT2D eigenvalue weighted by Crippen LogP contribution is -2.31. The maximum atomic E-state index is 12.5. The molecule has 7 nitrogen and oxygen atoms in total. The molecule has 0 atom stereocenters. The second kappa shape index (κ2) is 6.78. The van der Waals surface area contributed by atoms with Gasteiger partial charge in [0.2, 0.25) is 0 Å². The summed E-state index contributed by atoms with van der Waals surface area (Å²) in [6.07, 6.45) is 1.79. The molecule has 1 aromatic carbocycles. The number of hydrogen-bond donors (Lipinski definition) is 1. The molecule has 0 saturated heterocycles. The molecule has 1 N–H and O–H groups in total. The molecule has 1 aliphatic rings. The van der Waals surface area contributed by atoms with Crippen LogP contribution in [0.25, 0.3) is 10.9 Å². The lowest BCUT2D eigenvalue weighted by molar-refractivity contribution is -0.123. The van der Waals surface area contributed by atoms with Crippen molar-refractivity contribution in [3.05, 3.63) is 34.4 Å². The standard InChI is InChI=1S/C16H19N3O4/c1-22-8-6-17-15(20)10-23-11-4-5-13-12(9-11)16(21)19-7-2-3-14(19)18-13/h4-5,9H,2-3,6-8,10H2,1H3,(H,17,20). The SMILES string of the molecule is COCCNC(=O)COc1ccc2nc3n(c(=O)c2c1)CCC3. The van der Waals surface area contributed by atoms with Gasteiger partial charge in [0.25, 0.3) is 11.5 Å². The number of hydrogen-bond acceptors (Lipinski definition) is 5. The Morgan fingerprint density at radius 2 is 2.30 bits per heavy atom. The zero-order valence-electron chi connectivity index (χ0n) is 13.0. The lowest BCUT2D eigenvalue weighted by atomic mass is 10.2. The van der Waals surface area contributed by atoms with Crippen molar-refractivity contribution in [1.29, 1.82) is 0 Å². The van der Waals surface area contributed by atoms with E-state index in [1.165, 1.54) is 0 Å². The van der Waals surface area contributed by atoms with Crippen LogP contribution in [-0.4, -0.2) is 42.3 Å². The number of ether oxygens (including phenoxy) is 2. The minimum atomic E-state index is -0.231. The highest BCUT2D eigenvalue weighted by molar-refractivity contribution is 5.80. The van der Waals surface area contributed by atoms with Crippen molar-refractivity contribution < 1.29 is 14.3 Å². The van der Waals surface area contributed by atoms with Crippen molar-refractivity contribution in [2.75, 3.05) is 26.9 Å². The molecule has 2 aromatic rings. The van der Waals surface area contributed by atoms with Crippen LogP contribution in [0.15, 0.2) is 23.0 Å². The number of benzene rings is 1.